The molecule has 0 saturated heterocycles. The molecule has 0 N–H and O–H groups in total. The topological polar surface area (TPSA) is 35.5 Å². The summed E-state index contributed by atoms with van der Waals surface area (Å²) in [6, 6.07) is 18.6. The van der Waals surface area contributed by atoms with Crippen molar-refractivity contribution in [3.8, 4) is 11.8 Å². The van der Waals surface area contributed by atoms with Crippen molar-refractivity contribution >= 4 is 14.3 Å². The zero-order chi connectivity index (χ0) is 20.6. The van der Waals surface area contributed by atoms with Gasteiger partial charge in [-0.25, -0.2) is 4.79 Å². The van der Waals surface area contributed by atoms with Gasteiger partial charge in [-0.1, -0.05) is 81.1 Å². The lowest BCUT2D eigenvalue weighted by atomic mass is 10.1. The first-order valence-corrected chi connectivity index (χ1v) is 12.5. The van der Waals surface area contributed by atoms with Crippen LogP contribution in [0.3, 0.4) is 0 Å². The van der Waals surface area contributed by atoms with Crippen LogP contribution in [0.4, 0.5) is 0 Å². The lowest BCUT2D eigenvalue weighted by Gasteiger charge is -2.35. The molecule has 2 aromatic carbocycles. The van der Waals surface area contributed by atoms with Gasteiger partial charge in [-0.15, -0.1) is 0 Å². The van der Waals surface area contributed by atoms with Gasteiger partial charge in [0.15, 0.2) is 14.4 Å². The Labute approximate surface area is 170 Å². The van der Waals surface area contributed by atoms with E-state index in [2.05, 4.69) is 45.7 Å². The molecule has 0 spiro atoms. The molecule has 0 radical (unpaired) electrons. The van der Waals surface area contributed by atoms with Crippen molar-refractivity contribution in [1.29, 1.82) is 0 Å². The number of benzene rings is 2. The molecule has 0 saturated carbocycles. The fraction of sp³-hybridized carbons (Fsp3) is 0.375. The maximum atomic E-state index is 12.4. The van der Waals surface area contributed by atoms with Crippen LogP contribution in [-0.2, 0) is 9.16 Å². The number of hydrogen-bond acceptors (Lipinski definition) is 3. The maximum absolute atomic E-state index is 12.4. The lowest BCUT2D eigenvalue weighted by molar-refractivity contribution is 0.0407. The summed E-state index contributed by atoms with van der Waals surface area (Å²) in [5.74, 6) is 5.87. The Bertz CT molecular complexity index is 812. The van der Waals surface area contributed by atoms with Gasteiger partial charge in [0.25, 0.3) is 0 Å². The number of esters is 1. The van der Waals surface area contributed by atoms with Crippen LogP contribution in [0, 0.1) is 11.8 Å². The minimum Gasteiger partial charge on any atom is -0.441 e. The molecule has 4 heteroatoms. The van der Waals surface area contributed by atoms with E-state index < -0.39 is 14.4 Å². The van der Waals surface area contributed by atoms with E-state index in [9.17, 15) is 4.79 Å². The zero-order valence-electron chi connectivity index (χ0n) is 17.5. The quantitative estimate of drug-likeness (QED) is 0.261. The van der Waals surface area contributed by atoms with Crippen LogP contribution in [0.1, 0.15) is 49.2 Å². The molecule has 2 aromatic rings. The molecule has 0 aliphatic carbocycles. The summed E-state index contributed by atoms with van der Waals surface area (Å²) < 4.78 is 11.8. The second-order valence-electron chi connectivity index (χ2n) is 8.24. The smallest absolute Gasteiger partial charge is 0.339 e. The van der Waals surface area contributed by atoms with Crippen molar-refractivity contribution in [3.63, 3.8) is 0 Å². The summed E-state index contributed by atoms with van der Waals surface area (Å²) in [5, 5.41) is 0.179. The molecule has 148 valence electrons. The van der Waals surface area contributed by atoms with E-state index >= 15 is 0 Å². The van der Waals surface area contributed by atoms with Gasteiger partial charge in [-0.3, -0.25) is 0 Å². The van der Waals surface area contributed by atoms with Gasteiger partial charge < -0.3 is 9.16 Å². The zero-order valence-corrected chi connectivity index (χ0v) is 18.5. The average molecular weight is 395 g/mol. The van der Waals surface area contributed by atoms with Crippen LogP contribution in [0.5, 0.6) is 0 Å². The highest BCUT2D eigenvalue weighted by molar-refractivity contribution is 6.74. The van der Waals surface area contributed by atoms with E-state index in [4.69, 9.17) is 9.16 Å². The van der Waals surface area contributed by atoms with Crippen LogP contribution < -0.4 is 0 Å². The van der Waals surface area contributed by atoms with E-state index in [1.165, 1.54) is 0 Å². The number of rotatable bonds is 6. The van der Waals surface area contributed by atoms with Crippen molar-refractivity contribution in [2.24, 2.45) is 0 Å². The fourth-order valence-electron chi connectivity index (χ4n) is 2.30. The molecule has 0 bridgehead atoms. The van der Waals surface area contributed by atoms with Crippen LogP contribution in [0.15, 0.2) is 60.7 Å². The third kappa shape index (κ3) is 6.37. The minimum absolute atomic E-state index is 0.179. The predicted octanol–water partition coefficient (Wildman–Crippen LogP) is 6.00. The van der Waals surface area contributed by atoms with Gasteiger partial charge in [-0.05, 0) is 30.3 Å². The van der Waals surface area contributed by atoms with Crippen LogP contribution >= 0.6 is 0 Å². The number of ether oxygens (including phenoxy) is 1. The molecule has 28 heavy (non-hydrogen) atoms. The third-order valence-corrected chi connectivity index (χ3v) is 9.60. The number of carbonyl (C=O) groups is 1. The predicted molar refractivity (Wildman–Crippen MR) is 117 cm³/mol. The highest BCUT2D eigenvalue weighted by Gasteiger charge is 2.36. The summed E-state index contributed by atoms with van der Waals surface area (Å²) in [6.07, 6.45) is 0.0143. The fourth-order valence-corrected chi connectivity index (χ4v) is 3.34. The molecule has 0 fully saturated rings. The van der Waals surface area contributed by atoms with Gasteiger partial charge >= 0.3 is 5.97 Å². The van der Waals surface area contributed by atoms with Crippen LogP contribution in [0.2, 0.25) is 18.1 Å². The standard InChI is InChI=1S/C24H30O3Si/c1-24(2,3)28(4,5)26-19-13-12-18-22(20-14-8-6-9-15-20)27-23(25)21-16-10-7-11-17-21/h6-11,14-17,22H,13,19H2,1-5H3. The Morgan fingerprint density at radius 2 is 1.57 bits per heavy atom. The van der Waals surface area contributed by atoms with Crippen LogP contribution in [0.25, 0.3) is 0 Å². The van der Waals surface area contributed by atoms with E-state index in [1.807, 2.05) is 48.5 Å². The summed E-state index contributed by atoms with van der Waals surface area (Å²) in [6.45, 7) is 11.7. The summed E-state index contributed by atoms with van der Waals surface area (Å²) in [7, 11) is -1.77. The molecular formula is C24H30O3Si. The molecule has 0 heterocycles. The van der Waals surface area contributed by atoms with Crippen molar-refractivity contribution in [2.45, 2.75) is 51.4 Å². The van der Waals surface area contributed by atoms with E-state index in [-0.39, 0.29) is 11.0 Å². The molecule has 0 amide bonds. The Balaban J connectivity index is 2.04. The lowest BCUT2D eigenvalue weighted by Crippen LogP contribution is -2.40. The van der Waals surface area contributed by atoms with E-state index in [0.29, 0.717) is 18.6 Å². The maximum Gasteiger partial charge on any atom is 0.339 e. The molecule has 1 unspecified atom stereocenters. The second-order valence-corrected chi connectivity index (χ2v) is 13.1. The molecule has 1 atom stereocenters. The number of carbonyl (C=O) groups excluding carboxylic acids is 1. The largest absolute Gasteiger partial charge is 0.441 e. The highest BCUT2D eigenvalue weighted by Crippen LogP contribution is 2.36. The van der Waals surface area contributed by atoms with Gasteiger partial charge in [0.05, 0.1) is 5.56 Å². The van der Waals surface area contributed by atoms with E-state index in [1.54, 1.807) is 12.1 Å². The molecule has 0 aliphatic rings. The average Bonchev–Trinajstić information content (AvgIpc) is 2.67. The first-order chi connectivity index (χ1) is 13.2. The monoisotopic (exact) mass is 394 g/mol. The van der Waals surface area contributed by atoms with Crippen molar-refractivity contribution in [2.75, 3.05) is 6.61 Å². The van der Waals surface area contributed by atoms with E-state index in [0.717, 1.165) is 5.56 Å². The third-order valence-electron chi connectivity index (χ3n) is 5.07. The van der Waals surface area contributed by atoms with Crippen molar-refractivity contribution in [3.05, 3.63) is 71.8 Å². The molecule has 2 rings (SSSR count). The molecular weight excluding hydrogens is 364 g/mol. The highest BCUT2D eigenvalue weighted by atomic mass is 28.4. The molecule has 0 aliphatic heterocycles. The van der Waals surface area contributed by atoms with Gasteiger partial charge in [0.1, 0.15) is 0 Å². The second kappa shape index (κ2) is 9.72. The normalized spacial score (nSPS) is 12.6. The summed E-state index contributed by atoms with van der Waals surface area (Å²) in [5.41, 5.74) is 1.39. The summed E-state index contributed by atoms with van der Waals surface area (Å²) >= 11 is 0. The Hall–Kier alpha value is -2.35. The SMILES string of the molecule is CC(C)(C)[Si](C)(C)OCCC#CC(OC(=O)c1ccccc1)c1ccccc1. The molecule has 3 nitrogen and oxygen atoms in total. The minimum atomic E-state index is -1.77. The van der Waals surface area contributed by atoms with Crippen molar-refractivity contribution in [1.82, 2.24) is 0 Å². The first-order valence-electron chi connectivity index (χ1n) is 9.64. The van der Waals surface area contributed by atoms with Gasteiger partial charge in [0.2, 0.25) is 0 Å². The Morgan fingerprint density at radius 1 is 1.00 bits per heavy atom. The molecule has 0 aromatic heterocycles. The summed E-state index contributed by atoms with van der Waals surface area (Å²) in [4.78, 5) is 12.4. The van der Waals surface area contributed by atoms with Gasteiger partial charge in [0, 0.05) is 18.6 Å². The van der Waals surface area contributed by atoms with Crippen LogP contribution in [-0.4, -0.2) is 20.9 Å². The Morgan fingerprint density at radius 3 is 2.14 bits per heavy atom. The Kier molecular flexibility index (Phi) is 7.62. The first kappa shape index (κ1) is 21.9. The van der Waals surface area contributed by atoms with Crippen molar-refractivity contribution < 1.29 is 14.0 Å². The number of hydrogen-bond donors (Lipinski definition) is 0. The van der Waals surface area contributed by atoms with Gasteiger partial charge in [-0.2, -0.15) is 0 Å².